The van der Waals surface area contributed by atoms with Gasteiger partial charge in [0.1, 0.15) is 0 Å². The normalized spacial score (nSPS) is 18.7. The molecule has 0 unspecified atom stereocenters. The maximum absolute atomic E-state index is 4.78. The summed E-state index contributed by atoms with van der Waals surface area (Å²) >= 11 is 3.74. The number of hydrogen-bond acceptors (Lipinski definition) is 4. The number of hydrogen-bond donors (Lipinski definition) is 1. The molecular formula is C16H26N2S2. The third-order valence-corrected chi connectivity index (χ3v) is 6.98. The van der Waals surface area contributed by atoms with Gasteiger partial charge in [-0.2, -0.15) is 0 Å². The Balaban J connectivity index is 1.91. The number of thioether (sulfide) groups is 1. The monoisotopic (exact) mass is 310 g/mol. The predicted octanol–water partition coefficient (Wildman–Crippen LogP) is 4.52. The lowest BCUT2D eigenvalue weighted by Gasteiger charge is -2.34. The molecule has 0 saturated heterocycles. The fourth-order valence-electron chi connectivity index (χ4n) is 2.38. The molecule has 0 aliphatic carbocycles. The predicted molar refractivity (Wildman–Crippen MR) is 93.1 cm³/mol. The van der Waals surface area contributed by atoms with Crippen LogP contribution in [0.2, 0.25) is 0 Å². The van der Waals surface area contributed by atoms with E-state index in [0.29, 0.717) is 5.41 Å². The maximum Gasteiger partial charge on any atom is 0.156 e. The van der Waals surface area contributed by atoms with Crippen LogP contribution in [0, 0.1) is 5.41 Å². The van der Waals surface area contributed by atoms with E-state index in [9.17, 15) is 0 Å². The fraction of sp³-hybridized carbons (Fsp3) is 0.688. The molecule has 2 rings (SSSR count). The van der Waals surface area contributed by atoms with Crippen molar-refractivity contribution in [3.63, 3.8) is 0 Å². The molecule has 4 heteroatoms. The summed E-state index contributed by atoms with van der Waals surface area (Å²) in [5.41, 5.74) is 0.598. The Hall–Kier alpha value is -0.480. The molecule has 112 valence electrons. The van der Waals surface area contributed by atoms with Gasteiger partial charge in [-0.3, -0.25) is 4.99 Å². The average Bonchev–Trinajstić information content (AvgIpc) is 3.01. The van der Waals surface area contributed by atoms with E-state index < -0.39 is 0 Å². The van der Waals surface area contributed by atoms with Crippen LogP contribution in [0.3, 0.4) is 0 Å². The summed E-state index contributed by atoms with van der Waals surface area (Å²) in [6.45, 7) is 11.1. The second-order valence-corrected chi connectivity index (χ2v) is 8.24. The highest BCUT2D eigenvalue weighted by atomic mass is 32.2. The van der Waals surface area contributed by atoms with Crippen molar-refractivity contribution in [2.24, 2.45) is 10.4 Å². The van der Waals surface area contributed by atoms with Crippen molar-refractivity contribution in [1.82, 2.24) is 5.32 Å². The van der Waals surface area contributed by atoms with Crippen LogP contribution in [0.15, 0.2) is 22.5 Å². The first-order valence-electron chi connectivity index (χ1n) is 7.46. The smallest absolute Gasteiger partial charge is 0.156 e. The number of rotatable bonds is 5. The number of nitrogens with zero attached hydrogens (tertiary/aromatic N) is 1. The molecule has 0 fully saturated rings. The minimum atomic E-state index is 0.168. The minimum Gasteiger partial charge on any atom is -0.364 e. The number of thiophene rings is 1. The summed E-state index contributed by atoms with van der Waals surface area (Å²) in [6.07, 6.45) is 2.46. The Morgan fingerprint density at radius 1 is 1.35 bits per heavy atom. The average molecular weight is 311 g/mol. The first-order valence-corrected chi connectivity index (χ1v) is 9.33. The Labute approximate surface area is 131 Å². The van der Waals surface area contributed by atoms with Crippen molar-refractivity contribution in [3.8, 4) is 0 Å². The highest BCUT2D eigenvalue weighted by molar-refractivity contribution is 8.13. The lowest BCUT2D eigenvalue weighted by molar-refractivity contribution is 0.318. The Bertz CT molecular complexity index is 445. The third kappa shape index (κ3) is 3.59. The van der Waals surface area contributed by atoms with E-state index >= 15 is 0 Å². The van der Waals surface area contributed by atoms with Crippen molar-refractivity contribution in [2.45, 2.75) is 46.0 Å². The van der Waals surface area contributed by atoms with Gasteiger partial charge in [0.2, 0.25) is 0 Å². The van der Waals surface area contributed by atoms with E-state index in [4.69, 9.17) is 4.99 Å². The van der Waals surface area contributed by atoms with Crippen LogP contribution in [0.4, 0.5) is 0 Å². The molecule has 1 aromatic rings. The van der Waals surface area contributed by atoms with Crippen LogP contribution in [0.5, 0.6) is 0 Å². The molecule has 1 aliphatic heterocycles. The van der Waals surface area contributed by atoms with Gasteiger partial charge in [-0.15, -0.1) is 11.3 Å². The standard InChI is InChI=1S/C16H26N2S2/c1-5-16(6-2)11-18-14(20-12-16)17-10-15(3,4)13-8-7-9-19-13/h7-9H,5-6,10-12H2,1-4H3,(H,17,18). The molecule has 1 aromatic heterocycles. The molecule has 0 atom stereocenters. The maximum atomic E-state index is 4.78. The Morgan fingerprint density at radius 2 is 2.10 bits per heavy atom. The SMILES string of the molecule is CCC1(CC)CN=C(NCC(C)(C)c2cccs2)SC1. The zero-order valence-corrected chi connectivity index (χ0v) is 14.7. The Kier molecular flexibility index (Phi) is 5.19. The van der Waals surface area contributed by atoms with Crippen molar-refractivity contribution in [2.75, 3.05) is 18.8 Å². The molecule has 0 radical (unpaired) electrons. The number of aliphatic imine (C=N–C) groups is 1. The van der Waals surface area contributed by atoms with Crippen LogP contribution in [0.1, 0.15) is 45.4 Å². The van der Waals surface area contributed by atoms with Crippen LogP contribution >= 0.6 is 23.1 Å². The van der Waals surface area contributed by atoms with Crippen molar-refractivity contribution < 1.29 is 0 Å². The van der Waals surface area contributed by atoms with Crippen LogP contribution in [-0.4, -0.2) is 24.0 Å². The van der Waals surface area contributed by atoms with Gasteiger partial charge in [0.25, 0.3) is 0 Å². The van der Waals surface area contributed by atoms with Gasteiger partial charge in [0.15, 0.2) is 5.17 Å². The van der Waals surface area contributed by atoms with E-state index in [1.54, 1.807) is 0 Å². The zero-order valence-electron chi connectivity index (χ0n) is 13.0. The molecule has 1 aliphatic rings. The second kappa shape index (κ2) is 6.52. The summed E-state index contributed by atoms with van der Waals surface area (Å²) in [5, 5.41) is 6.84. The summed E-state index contributed by atoms with van der Waals surface area (Å²) in [6, 6.07) is 4.35. The molecule has 0 spiro atoms. The molecular weight excluding hydrogens is 284 g/mol. The largest absolute Gasteiger partial charge is 0.364 e. The minimum absolute atomic E-state index is 0.168. The Morgan fingerprint density at radius 3 is 2.60 bits per heavy atom. The van der Waals surface area contributed by atoms with Crippen molar-refractivity contribution in [3.05, 3.63) is 22.4 Å². The van der Waals surface area contributed by atoms with Gasteiger partial charge in [-0.25, -0.2) is 0 Å². The zero-order chi connectivity index (χ0) is 14.6. The highest BCUT2D eigenvalue weighted by Crippen LogP contribution is 2.35. The molecule has 0 aromatic carbocycles. The summed E-state index contributed by atoms with van der Waals surface area (Å²) in [5.74, 6) is 1.20. The van der Waals surface area contributed by atoms with Gasteiger partial charge in [0, 0.05) is 29.1 Å². The molecule has 0 bridgehead atoms. The topological polar surface area (TPSA) is 24.4 Å². The fourth-order valence-corrected chi connectivity index (χ4v) is 4.51. The second-order valence-electron chi connectivity index (χ2n) is 6.33. The van der Waals surface area contributed by atoms with Crippen LogP contribution in [0.25, 0.3) is 0 Å². The van der Waals surface area contributed by atoms with E-state index in [1.807, 2.05) is 23.1 Å². The lowest BCUT2D eigenvalue weighted by Crippen LogP contribution is -2.39. The number of nitrogens with one attached hydrogen (secondary N) is 1. The first kappa shape index (κ1) is 15.9. The highest BCUT2D eigenvalue weighted by Gasteiger charge is 2.30. The van der Waals surface area contributed by atoms with E-state index in [0.717, 1.165) is 18.3 Å². The molecule has 20 heavy (non-hydrogen) atoms. The molecule has 1 N–H and O–H groups in total. The van der Waals surface area contributed by atoms with E-state index in [2.05, 4.69) is 50.5 Å². The lowest BCUT2D eigenvalue weighted by atomic mass is 9.84. The summed E-state index contributed by atoms with van der Waals surface area (Å²) in [4.78, 5) is 6.21. The molecule has 0 amide bonds. The summed E-state index contributed by atoms with van der Waals surface area (Å²) in [7, 11) is 0. The van der Waals surface area contributed by atoms with Gasteiger partial charge >= 0.3 is 0 Å². The van der Waals surface area contributed by atoms with Crippen molar-refractivity contribution >= 4 is 28.3 Å². The number of amidine groups is 1. The molecule has 2 heterocycles. The van der Waals surface area contributed by atoms with Gasteiger partial charge < -0.3 is 5.32 Å². The van der Waals surface area contributed by atoms with Gasteiger partial charge in [-0.1, -0.05) is 45.5 Å². The first-order chi connectivity index (χ1) is 9.51. The van der Waals surface area contributed by atoms with Crippen LogP contribution in [-0.2, 0) is 5.41 Å². The summed E-state index contributed by atoms with van der Waals surface area (Å²) < 4.78 is 0. The van der Waals surface area contributed by atoms with Crippen LogP contribution < -0.4 is 5.32 Å². The van der Waals surface area contributed by atoms with E-state index in [-0.39, 0.29) is 5.41 Å². The van der Waals surface area contributed by atoms with Crippen molar-refractivity contribution in [1.29, 1.82) is 0 Å². The molecule has 2 nitrogen and oxygen atoms in total. The molecule has 0 saturated carbocycles. The van der Waals surface area contributed by atoms with E-state index in [1.165, 1.54) is 23.5 Å². The third-order valence-electron chi connectivity index (χ3n) is 4.44. The quantitative estimate of drug-likeness (QED) is 0.864. The van der Waals surface area contributed by atoms with Gasteiger partial charge in [-0.05, 0) is 29.7 Å². The van der Waals surface area contributed by atoms with Gasteiger partial charge in [0.05, 0.1) is 0 Å².